The van der Waals surface area contributed by atoms with E-state index >= 15 is 0 Å². The van der Waals surface area contributed by atoms with Crippen LogP contribution >= 0.6 is 11.8 Å². The summed E-state index contributed by atoms with van der Waals surface area (Å²) < 4.78 is 50.9. The van der Waals surface area contributed by atoms with Gasteiger partial charge >= 0.3 is 6.18 Å². The number of halogens is 4. The summed E-state index contributed by atoms with van der Waals surface area (Å²) in [6, 6.07) is 2.15. The monoisotopic (exact) mass is 352 g/mol. The molecule has 0 aromatic heterocycles. The number of amides is 2. The molecule has 4 nitrogen and oxygen atoms in total. The SMILES string of the molecule is CC(=O)NCSCCC(=O)NCc1cc(F)cc(C(F)(F)F)c1. The number of benzene rings is 1. The Morgan fingerprint density at radius 2 is 1.87 bits per heavy atom. The Labute approximate surface area is 135 Å². The molecule has 1 aromatic rings. The first-order valence-corrected chi connectivity index (χ1v) is 7.79. The number of hydrogen-bond acceptors (Lipinski definition) is 3. The Kier molecular flexibility index (Phi) is 7.34. The van der Waals surface area contributed by atoms with E-state index in [9.17, 15) is 27.2 Å². The molecule has 0 saturated carbocycles. The molecule has 2 N–H and O–H groups in total. The van der Waals surface area contributed by atoms with E-state index in [1.807, 2.05) is 0 Å². The molecule has 0 aliphatic heterocycles. The fraction of sp³-hybridized carbons (Fsp3) is 0.429. The summed E-state index contributed by atoms with van der Waals surface area (Å²) in [5.74, 6) is -0.716. The summed E-state index contributed by atoms with van der Waals surface area (Å²) in [7, 11) is 0. The number of alkyl halides is 3. The van der Waals surface area contributed by atoms with Gasteiger partial charge < -0.3 is 10.6 Å². The lowest BCUT2D eigenvalue weighted by molar-refractivity contribution is -0.137. The molecular formula is C14H16F4N2O2S. The summed E-state index contributed by atoms with van der Waals surface area (Å²) in [6.07, 6.45) is -4.49. The van der Waals surface area contributed by atoms with Crippen LogP contribution in [0.4, 0.5) is 17.6 Å². The molecule has 1 rings (SSSR count). The molecule has 0 spiro atoms. The van der Waals surface area contributed by atoms with E-state index in [4.69, 9.17) is 0 Å². The quantitative estimate of drug-likeness (QED) is 0.451. The van der Waals surface area contributed by atoms with Gasteiger partial charge in [-0.25, -0.2) is 4.39 Å². The molecule has 0 fully saturated rings. The van der Waals surface area contributed by atoms with Crippen LogP contribution < -0.4 is 10.6 Å². The Balaban J connectivity index is 2.41. The molecule has 128 valence electrons. The first kappa shape index (κ1) is 19.3. The van der Waals surface area contributed by atoms with E-state index in [2.05, 4.69) is 10.6 Å². The van der Waals surface area contributed by atoms with Crippen LogP contribution in [0.15, 0.2) is 18.2 Å². The van der Waals surface area contributed by atoms with Gasteiger partial charge in [-0.15, -0.1) is 11.8 Å². The highest BCUT2D eigenvalue weighted by molar-refractivity contribution is 7.99. The molecular weight excluding hydrogens is 336 g/mol. The minimum atomic E-state index is -4.64. The predicted molar refractivity (Wildman–Crippen MR) is 79.0 cm³/mol. The standard InChI is InChI=1S/C14H16F4N2O2S/c1-9(21)20-8-23-3-2-13(22)19-7-10-4-11(14(16,17)18)6-12(15)5-10/h4-6H,2-3,7-8H2,1H3,(H,19,22)(H,20,21). The predicted octanol–water partition coefficient (Wildman–Crippen LogP) is 2.68. The molecule has 0 heterocycles. The second kappa shape index (κ2) is 8.76. The number of rotatable bonds is 7. The van der Waals surface area contributed by atoms with Gasteiger partial charge in [-0.05, 0) is 23.8 Å². The van der Waals surface area contributed by atoms with Gasteiger partial charge in [0.05, 0.1) is 11.4 Å². The Morgan fingerprint density at radius 3 is 2.48 bits per heavy atom. The molecule has 0 atom stereocenters. The van der Waals surface area contributed by atoms with Crippen molar-refractivity contribution in [3.8, 4) is 0 Å². The maximum Gasteiger partial charge on any atom is 0.416 e. The zero-order valence-corrected chi connectivity index (χ0v) is 13.1. The van der Waals surface area contributed by atoms with Crippen molar-refractivity contribution in [1.29, 1.82) is 0 Å². The average molecular weight is 352 g/mol. The molecule has 0 saturated heterocycles. The molecule has 23 heavy (non-hydrogen) atoms. The summed E-state index contributed by atoms with van der Waals surface area (Å²) in [6.45, 7) is 1.19. The van der Waals surface area contributed by atoms with Crippen LogP contribution in [0.5, 0.6) is 0 Å². The molecule has 0 bridgehead atoms. The Bertz CT molecular complexity index is 564. The summed E-state index contributed by atoms with van der Waals surface area (Å²) in [5.41, 5.74) is -1.05. The minimum Gasteiger partial charge on any atom is -0.352 e. The van der Waals surface area contributed by atoms with E-state index in [0.717, 1.165) is 12.1 Å². The summed E-state index contributed by atoms with van der Waals surface area (Å²) in [5, 5.41) is 4.98. The lowest BCUT2D eigenvalue weighted by Crippen LogP contribution is -2.24. The summed E-state index contributed by atoms with van der Waals surface area (Å²) >= 11 is 1.34. The lowest BCUT2D eigenvalue weighted by atomic mass is 10.1. The van der Waals surface area contributed by atoms with E-state index in [0.29, 0.717) is 17.7 Å². The number of carbonyl (C=O) groups is 2. The lowest BCUT2D eigenvalue weighted by Gasteiger charge is -2.10. The molecule has 9 heteroatoms. The van der Waals surface area contributed by atoms with Crippen LogP contribution in [0.3, 0.4) is 0 Å². The van der Waals surface area contributed by atoms with Crippen LogP contribution in [0, 0.1) is 5.82 Å². The van der Waals surface area contributed by atoms with Gasteiger partial charge in [0, 0.05) is 25.6 Å². The molecule has 0 unspecified atom stereocenters. The molecule has 0 aliphatic carbocycles. The number of carbonyl (C=O) groups excluding carboxylic acids is 2. The Hall–Kier alpha value is -1.77. The van der Waals surface area contributed by atoms with Crippen molar-refractivity contribution in [3.63, 3.8) is 0 Å². The van der Waals surface area contributed by atoms with Crippen LogP contribution in [0.2, 0.25) is 0 Å². The van der Waals surface area contributed by atoms with E-state index < -0.39 is 17.6 Å². The zero-order valence-electron chi connectivity index (χ0n) is 12.3. The van der Waals surface area contributed by atoms with Crippen molar-refractivity contribution >= 4 is 23.6 Å². The van der Waals surface area contributed by atoms with Crippen molar-refractivity contribution < 1.29 is 27.2 Å². The van der Waals surface area contributed by atoms with Gasteiger partial charge in [0.2, 0.25) is 11.8 Å². The van der Waals surface area contributed by atoms with Gasteiger partial charge in [0.25, 0.3) is 0 Å². The van der Waals surface area contributed by atoms with Crippen molar-refractivity contribution in [2.75, 3.05) is 11.6 Å². The van der Waals surface area contributed by atoms with Crippen LogP contribution in [0.25, 0.3) is 0 Å². The van der Waals surface area contributed by atoms with E-state index in [1.165, 1.54) is 18.7 Å². The average Bonchev–Trinajstić information content (AvgIpc) is 2.43. The van der Waals surface area contributed by atoms with Crippen LogP contribution in [0.1, 0.15) is 24.5 Å². The Morgan fingerprint density at radius 1 is 1.17 bits per heavy atom. The van der Waals surface area contributed by atoms with E-state index in [1.54, 1.807) is 0 Å². The highest BCUT2D eigenvalue weighted by Gasteiger charge is 2.31. The number of nitrogens with one attached hydrogen (secondary N) is 2. The second-order valence-corrected chi connectivity index (χ2v) is 5.76. The van der Waals surface area contributed by atoms with Gasteiger partial charge in [-0.2, -0.15) is 13.2 Å². The van der Waals surface area contributed by atoms with Crippen LogP contribution in [-0.4, -0.2) is 23.4 Å². The molecule has 1 aromatic carbocycles. The van der Waals surface area contributed by atoms with Crippen molar-refractivity contribution in [3.05, 3.63) is 35.1 Å². The van der Waals surface area contributed by atoms with Crippen LogP contribution in [-0.2, 0) is 22.3 Å². The molecule has 2 amide bonds. The van der Waals surface area contributed by atoms with Gasteiger partial charge in [-0.3, -0.25) is 9.59 Å². The van der Waals surface area contributed by atoms with E-state index in [-0.39, 0.29) is 30.3 Å². The zero-order chi connectivity index (χ0) is 17.5. The molecule has 0 aliphatic rings. The van der Waals surface area contributed by atoms with Gasteiger partial charge in [0.15, 0.2) is 0 Å². The maximum absolute atomic E-state index is 13.2. The summed E-state index contributed by atoms with van der Waals surface area (Å²) in [4.78, 5) is 22.2. The maximum atomic E-state index is 13.2. The first-order valence-electron chi connectivity index (χ1n) is 6.64. The highest BCUT2D eigenvalue weighted by atomic mass is 32.2. The number of thioether (sulfide) groups is 1. The normalized spacial score (nSPS) is 11.2. The van der Waals surface area contributed by atoms with Crippen molar-refractivity contribution in [2.24, 2.45) is 0 Å². The van der Waals surface area contributed by atoms with Crippen molar-refractivity contribution in [2.45, 2.75) is 26.1 Å². The first-order chi connectivity index (χ1) is 10.7. The van der Waals surface area contributed by atoms with Gasteiger partial charge in [-0.1, -0.05) is 0 Å². The third kappa shape index (κ3) is 7.87. The fourth-order valence-corrected chi connectivity index (χ4v) is 2.37. The van der Waals surface area contributed by atoms with Gasteiger partial charge in [0.1, 0.15) is 5.82 Å². The third-order valence-electron chi connectivity index (χ3n) is 2.67. The van der Waals surface area contributed by atoms with Crippen molar-refractivity contribution in [1.82, 2.24) is 10.6 Å². The largest absolute Gasteiger partial charge is 0.416 e. The minimum absolute atomic E-state index is 0.0385. The molecule has 0 radical (unpaired) electrons. The highest BCUT2D eigenvalue weighted by Crippen LogP contribution is 2.30. The topological polar surface area (TPSA) is 58.2 Å². The third-order valence-corrected chi connectivity index (χ3v) is 3.51. The number of hydrogen-bond donors (Lipinski definition) is 2. The fourth-order valence-electron chi connectivity index (χ4n) is 1.59. The smallest absolute Gasteiger partial charge is 0.352 e. The second-order valence-electron chi connectivity index (χ2n) is 4.66.